The largest absolute Gasteiger partial charge is 0.490 e. The van der Waals surface area contributed by atoms with Crippen molar-refractivity contribution in [3.8, 4) is 5.75 Å². The second-order valence-corrected chi connectivity index (χ2v) is 10.9. The maximum atomic E-state index is 13.4. The second-order valence-electron chi connectivity index (χ2n) is 9.84. The van der Waals surface area contributed by atoms with Crippen LogP contribution in [0.1, 0.15) is 40.1 Å². The lowest BCUT2D eigenvalue weighted by Crippen LogP contribution is -2.54. The quantitative estimate of drug-likeness (QED) is 0.446. The highest BCUT2D eigenvalue weighted by molar-refractivity contribution is 7.10. The van der Waals surface area contributed by atoms with Crippen LogP contribution in [0.2, 0.25) is 0 Å². The Morgan fingerprint density at radius 1 is 1.13 bits per heavy atom. The molecule has 0 spiro atoms. The summed E-state index contributed by atoms with van der Waals surface area (Å²) in [6.07, 6.45) is 5.56. The molecule has 204 valence electrons. The van der Waals surface area contributed by atoms with E-state index in [-0.39, 0.29) is 55.4 Å². The minimum atomic E-state index is -0.347. The van der Waals surface area contributed by atoms with Gasteiger partial charge in [0.1, 0.15) is 18.5 Å². The number of aromatic nitrogens is 1. The Balaban J connectivity index is 1.17. The van der Waals surface area contributed by atoms with Crippen molar-refractivity contribution >= 4 is 34.7 Å². The van der Waals surface area contributed by atoms with Gasteiger partial charge in [-0.05, 0) is 66.6 Å². The van der Waals surface area contributed by atoms with Crippen molar-refractivity contribution in [3.05, 3.63) is 76.2 Å². The molecule has 2 aliphatic rings. The van der Waals surface area contributed by atoms with E-state index in [1.807, 2.05) is 29.6 Å². The summed E-state index contributed by atoms with van der Waals surface area (Å²) in [6, 6.07) is 12.6. The monoisotopic (exact) mass is 548 g/mol. The van der Waals surface area contributed by atoms with Crippen molar-refractivity contribution < 1.29 is 23.9 Å². The van der Waals surface area contributed by atoms with Crippen molar-refractivity contribution in [2.24, 2.45) is 0 Å². The highest BCUT2D eigenvalue weighted by Crippen LogP contribution is 2.32. The van der Waals surface area contributed by atoms with Gasteiger partial charge >= 0.3 is 0 Å². The molecule has 3 atom stereocenters. The summed E-state index contributed by atoms with van der Waals surface area (Å²) in [7, 11) is 1.77. The van der Waals surface area contributed by atoms with E-state index < -0.39 is 0 Å². The van der Waals surface area contributed by atoms with Gasteiger partial charge in [-0.1, -0.05) is 6.07 Å². The van der Waals surface area contributed by atoms with Gasteiger partial charge in [0.25, 0.3) is 5.91 Å². The zero-order valence-electron chi connectivity index (χ0n) is 21.8. The molecule has 3 amide bonds. The molecule has 1 fully saturated rings. The lowest BCUT2D eigenvalue weighted by Gasteiger charge is -2.42. The molecule has 39 heavy (non-hydrogen) atoms. The fraction of sp³-hybridized carbons (Fsp3) is 0.379. The highest BCUT2D eigenvalue weighted by atomic mass is 32.1. The molecule has 0 aliphatic carbocycles. The van der Waals surface area contributed by atoms with Crippen LogP contribution in [0.5, 0.6) is 5.75 Å². The van der Waals surface area contributed by atoms with Gasteiger partial charge in [0, 0.05) is 36.6 Å². The first-order valence-electron chi connectivity index (χ1n) is 13.1. The minimum Gasteiger partial charge on any atom is -0.490 e. The third-order valence-electron chi connectivity index (χ3n) is 7.11. The molecule has 1 aromatic carbocycles. The molecule has 0 radical (unpaired) electrons. The number of amides is 3. The number of hydrogen-bond acceptors (Lipinski definition) is 7. The summed E-state index contributed by atoms with van der Waals surface area (Å²) in [5.41, 5.74) is 2.07. The summed E-state index contributed by atoms with van der Waals surface area (Å²) in [5, 5.41) is 7.78. The molecule has 9 nitrogen and oxygen atoms in total. The number of pyridine rings is 1. The molecule has 5 rings (SSSR count). The molecule has 0 saturated carbocycles. The Labute approximate surface area is 231 Å². The Morgan fingerprint density at radius 3 is 2.77 bits per heavy atom. The molecular weight excluding hydrogens is 516 g/mol. The lowest BCUT2D eigenvalue weighted by molar-refractivity contribution is -0.134. The first-order chi connectivity index (χ1) is 19.0. The van der Waals surface area contributed by atoms with E-state index in [0.717, 1.165) is 16.9 Å². The van der Waals surface area contributed by atoms with Crippen LogP contribution in [0.25, 0.3) is 0 Å². The minimum absolute atomic E-state index is 0.0531. The zero-order valence-corrected chi connectivity index (χ0v) is 22.6. The highest BCUT2D eigenvalue weighted by Gasteiger charge is 2.39. The predicted molar refractivity (Wildman–Crippen MR) is 148 cm³/mol. The fourth-order valence-corrected chi connectivity index (χ4v) is 5.76. The van der Waals surface area contributed by atoms with Gasteiger partial charge in [0.15, 0.2) is 0 Å². The Hall–Kier alpha value is -3.76. The normalized spacial score (nSPS) is 20.6. The van der Waals surface area contributed by atoms with Crippen LogP contribution in [-0.4, -0.2) is 66.1 Å². The van der Waals surface area contributed by atoms with E-state index >= 15 is 0 Å². The summed E-state index contributed by atoms with van der Waals surface area (Å²) >= 11 is 1.53. The molecular formula is C29H32N4O5S. The maximum Gasteiger partial charge on any atom is 0.257 e. The van der Waals surface area contributed by atoms with Crippen molar-refractivity contribution in [3.63, 3.8) is 0 Å². The standard InChI is InChI=1S/C29H32N4O5S/c1-33-24-6-5-21(16-27(34)31-13-10-19-8-11-30-12-9-19)38-26(24)18-37-25-7-4-20(15-23(25)29(33)36)32-28(35)17-22-3-2-14-39-22/h2-4,7-9,11-12,14-15,21,24,26H,5-6,10,13,16-18H2,1H3,(H,31,34)(H,32,35)/t21-,24-,26-/m1/s1. The topological polar surface area (TPSA) is 110 Å². The number of fused-ring (bicyclic) bond motifs is 2. The first-order valence-corrected chi connectivity index (χ1v) is 14.0. The first kappa shape index (κ1) is 26.8. The number of anilines is 1. The van der Waals surface area contributed by atoms with Crippen LogP contribution < -0.4 is 15.4 Å². The second kappa shape index (κ2) is 12.4. The van der Waals surface area contributed by atoms with Gasteiger partial charge in [-0.3, -0.25) is 19.4 Å². The zero-order chi connectivity index (χ0) is 27.2. The summed E-state index contributed by atoms with van der Waals surface area (Å²) in [5.74, 6) is 0.0620. The van der Waals surface area contributed by atoms with Crippen LogP contribution in [0.15, 0.2) is 60.2 Å². The number of hydrogen-bond donors (Lipinski definition) is 2. The van der Waals surface area contributed by atoms with Crippen molar-refractivity contribution in [1.82, 2.24) is 15.2 Å². The van der Waals surface area contributed by atoms with Crippen molar-refractivity contribution in [1.29, 1.82) is 0 Å². The van der Waals surface area contributed by atoms with Gasteiger partial charge < -0.3 is 25.0 Å². The summed E-state index contributed by atoms with van der Waals surface area (Å²) in [4.78, 5) is 45.1. The van der Waals surface area contributed by atoms with Gasteiger partial charge in [0.05, 0.1) is 30.6 Å². The van der Waals surface area contributed by atoms with E-state index in [1.54, 1.807) is 42.5 Å². The van der Waals surface area contributed by atoms with Crippen LogP contribution in [0, 0.1) is 0 Å². The number of carbonyl (C=O) groups is 3. The van der Waals surface area contributed by atoms with E-state index in [4.69, 9.17) is 9.47 Å². The van der Waals surface area contributed by atoms with Crippen molar-refractivity contribution in [2.75, 3.05) is 25.5 Å². The molecule has 4 heterocycles. The van der Waals surface area contributed by atoms with Gasteiger partial charge in [-0.25, -0.2) is 0 Å². The van der Waals surface area contributed by atoms with Gasteiger partial charge in [0.2, 0.25) is 11.8 Å². The van der Waals surface area contributed by atoms with Gasteiger partial charge in [-0.2, -0.15) is 0 Å². The average molecular weight is 549 g/mol. The summed E-state index contributed by atoms with van der Waals surface area (Å²) in [6.45, 7) is 0.814. The fourth-order valence-electron chi connectivity index (χ4n) is 5.06. The van der Waals surface area contributed by atoms with Crippen molar-refractivity contribution in [2.45, 2.75) is 50.4 Å². The van der Waals surface area contributed by atoms with Crippen LogP contribution in [-0.2, 0) is 27.2 Å². The van der Waals surface area contributed by atoms with Crippen LogP contribution in [0.3, 0.4) is 0 Å². The SMILES string of the molecule is CN1C(=O)c2cc(NC(=O)Cc3cccs3)ccc2OC[C@H]2O[C@@H](CC(=O)NCCc3ccncc3)CC[C@H]21. The number of rotatable bonds is 8. The van der Waals surface area contributed by atoms with E-state index in [9.17, 15) is 14.4 Å². The molecule has 2 aliphatic heterocycles. The number of ether oxygens (including phenoxy) is 2. The molecule has 3 aromatic rings. The molecule has 0 unspecified atom stereocenters. The molecule has 1 saturated heterocycles. The van der Waals surface area contributed by atoms with E-state index in [2.05, 4.69) is 15.6 Å². The number of nitrogens with one attached hydrogen (secondary N) is 2. The third kappa shape index (κ3) is 6.82. The molecule has 10 heteroatoms. The Kier molecular flexibility index (Phi) is 8.53. The molecule has 0 bridgehead atoms. The maximum absolute atomic E-state index is 13.4. The van der Waals surface area contributed by atoms with Gasteiger partial charge in [-0.15, -0.1) is 11.3 Å². The lowest BCUT2D eigenvalue weighted by atomic mass is 9.94. The Morgan fingerprint density at radius 2 is 1.97 bits per heavy atom. The smallest absolute Gasteiger partial charge is 0.257 e. The average Bonchev–Trinajstić information content (AvgIpc) is 3.44. The van der Waals surface area contributed by atoms with Crippen LogP contribution >= 0.6 is 11.3 Å². The Bertz CT molecular complexity index is 1300. The number of carbonyl (C=O) groups excluding carboxylic acids is 3. The number of benzene rings is 1. The summed E-state index contributed by atoms with van der Waals surface area (Å²) < 4.78 is 12.3. The number of thiophene rings is 1. The third-order valence-corrected chi connectivity index (χ3v) is 7.98. The number of likely N-dealkylation sites (N-methyl/N-ethyl adjacent to an activating group) is 1. The number of nitrogens with zero attached hydrogens (tertiary/aromatic N) is 2. The van der Waals surface area contributed by atoms with E-state index in [1.165, 1.54) is 11.3 Å². The van der Waals surface area contributed by atoms with Crippen LogP contribution in [0.4, 0.5) is 5.69 Å². The predicted octanol–water partition coefficient (Wildman–Crippen LogP) is 3.45. The molecule has 2 N–H and O–H groups in total. The van der Waals surface area contributed by atoms with E-state index in [0.29, 0.717) is 36.4 Å². The molecule has 2 aromatic heterocycles.